The van der Waals surface area contributed by atoms with Crippen LogP contribution in [-0.4, -0.2) is 28.5 Å². The Labute approximate surface area is 181 Å². The van der Waals surface area contributed by atoms with Crippen LogP contribution in [0, 0.1) is 5.92 Å². The van der Waals surface area contributed by atoms with Crippen LogP contribution in [0.5, 0.6) is 0 Å². The molecule has 0 N–H and O–H groups in total. The van der Waals surface area contributed by atoms with E-state index in [1.165, 1.54) is 5.56 Å². The molecule has 0 atom stereocenters. The lowest BCUT2D eigenvalue weighted by Gasteiger charge is -2.32. The van der Waals surface area contributed by atoms with E-state index < -0.39 is 0 Å². The summed E-state index contributed by atoms with van der Waals surface area (Å²) in [5.74, 6) is 0.748. The van der Waals surface area contributed by atoms with Crippen molar-refractivity contribution >= 4 is 27.7 Å². The minimum Gasteiger partial charge on any atom is -0.341 e. The molecule has 1 aliphatic heterocycles. The average molecular weight is 411 g/mol. The number of pyridine rings is 1. The number of nitrogens with zero attached hydrogens (tertiary/aromatic N) is 2. The first-order chi connectivity index (χ1) is 15.2. The van der Waals surface area contributed by atoms with Gasteiger partial charge >= 0.3 is 0 Å². The highest BCUT2D eigenvalue weighted by Crippen LogP contribution is 2.23. The minimum absolute atomic E-state index is 0.0247. The van der Waals surface area contributed by atoms with Crippen LogP contribution < -0.4 is 5.43 Å². The number of hydrogen-bond donors (Lipinski definition) is 0. The normalized spacial score (nSPS) is 14.9. The molecule has 1 fully saturated rings. The van der Waals surface area contributed by atoms with Gasteiger partial charge in [-0.1, -0.05) is 54.6 Å². The molecular formula is C27H26N2O2. The second kappa shape index (κ2) is 8.38. The van der Waals surface area contributed by atoms with Crippen LogP contribution in [-0.2, 0) is 17.8 Å². The van der Waals surface area contributed by atoms with Crippen LogP contribution in [0.1, 0.15) is 18.4 Å². The topological polar surface area (TPSA) is 42.3 Å². The molecule has 1 amide bonds. The van der Waals surface area contributed by atoms with Gasteiger partial charge in [-0.3, -0.25) is 9.59 Å². The molecule has 2 heterocycles. The van der Waals surface area contributed by atoms with Crippen molar-refractivity contribution in [1.29, 1.82) is 0 Å². The van der Waals surface area contributed by atoms with E-state index in [0.717, 1.165) is 43.4 Å². The molecule has 0 radical (unpaired) electrons. The van der Waals surface area contributed by atoms with E-state index in [1.807, 2.05) is 58.0 Å². The number of aromatic nitrogens is 1. The quantitative estimate of drug-likeness (QED) is 0.460. The Morgan fingerprint density at radius 3 is 1.94 bits per heavy atom. The van der Waals surface area contributed by atoms with Crippen LogP contribution in [0.3, 0.4) is 0 Å². The molecule has 31 heavy (non-hydrogen) atoms. The number of fused-ring (bicyclic) bond motifs is 2. The van der Waals surface area contributed by atoms with Crippen molar-refractivity contribution in [2.24, 2.45) is 5.92 Å². The van der Waals surface area contributed by atoms with Crippen LogP contribution in [0.25, 0.3) is 21.8 Å². The predicted octanol–water partition coefficient (Wildman–Crippen LogP) is 4.64. The van der Waals surface area contributed by atoms with Crippen LogP contribution >= 0.6 is 0 Å². The third-order valence-corrected chi connectivity index (χ3v) is 6.51. The number of rotatable bonds is 4. The number of benzene rings is 3. The second-order valence-electron chi connectivity index (χ2n) is 8.46. The monoisotopic (exact) mass is 410 g/mol. The fourth-order valence-corrected chi connectivity index (χ4v) is 4.82. The standard InChI is InChI=1S/C27H26N2O2/c30-26(28-16-14-21(15-17-28)18-20-8-2-1-3-9-20)19-29-24-12-6-4-10-22(24)27(31)23-11-5-7-13-25(23)29/h1-13,21H,14-19H2. The summed E-state index contributed by atoms with van der Waals surface area (Å²) >= 11 is 0. The van der Waals surface area contributed by atoms with E-state index in [0.29, 0.717) is 16.7 Å². The van der Waals surface area contributed by atoms with Gasteiger partial charge in [-0.05, 0) is 55.0 Å². The third kappa shape index (κ3) is 3.86. The SMILES string of the molecule is O=C(Cn1c2ccccc2c(=O)c2ccccc21)N1CCC(Cc2ccccc2)CC1. The second-order valence-corrected chi connectivity index (χ2v) is 8.46. The third-order valence-electron chi connectivity index (χ3n) is 6.51. The van der Waals surface area contributed by atoms with Crippen molar-refractivity contribution in [2.75, 3.05) is 13.1 Å². The summed E-state index contributed by atoms with van der Waals surface area (Å²) < 4.78 is 2.00. The van der Waals surface area contributed by atoms with Crippen molar-refractivity contribution in [3.05, 3.63) is 94.6 Å². The van der Waals surface area contributed by atoms with E-state index in [2.05, 4.69) is 30.3 Å². The fraction of sp³-hybridized carbons (Fsp3) is 0.259. The minimum atomic E-state index is 0.0247. The Bertz CT molecular complexity index is 1230. The number of likely N-dealkylation sites (tertiary alicyclic amines) is 1. The van der Waals surface area contributed by atoms with E-state index >= 15 is 0 Å². The molecule has 1 saturated heterocycles. The van der Waals surface area contributed by atoms with Crippen LogP contribution in [0.4, 0.5) is 0 Å². The molecule has 0 unspecified atom stereocenters. The molecule has 1 aromatic heterocycles. The summed E-state index contributed by atoms with van der Waals surface area (Å²) in [6.45, 7) is 1.85. The predicted molar refractivity (Wildman–Crippen MR) is 125 cm³/mol. The maximum Gasteiger partial charge on any atom is 0.242 e. The Morgan fingerprint density at radius 1 is 0.774 bits per heavy atom. The molecule has 4 heteroatoms. The number of amides is 1. The Hall–Kier alpha value is -3.40. The Morgan fingerprint density at radius 2 is 1.32 bits per heavy atom. The highest BCUT2D eigenvalue weighted by atomic mass is 16.2. The number of carbonyl (C=O) groups is 1. The maximum absolute atomic E-state index is 13.2. The zero-order valence-electron chi connectivity index (χ0n) is 17.5. The van der Waals surface area contributed by atoms with Gasteiger partial charge in [0, 0.05) is 23.9 Å². The first-order valence-corrected chi connectivity index (χ1v) is 11.0. The zero-order chi connectivity index (χ0) is 21.2. The summed E-state index contributed by atoms with van der Waals surface area (Å²) in [6, 6.07) is 25.8. The molecule has 4 nitrogen and oxygen atoms in total. The molecule has 3 aromatic carbocycles. The molecule has 0 bridgehead atoms. The first kappa shape index (κ1) is 19.6. The summed E-state index contributed by atoms with van der Waals surface area (Å²) in [7, 11) is 0. The van der Waals surface area contributed by atoms with Gasteiger partial charge in [0.25, 0.3) is 0 Å². The van der Waals surface area contributed by atoms with Crippen molar-refractivity contribution < 1.29 is 4.79 Å². The van der Waals surface area contributed by atoms with Crippen molar-refractivity contribution in [3.8, 4) is 0 Å². The van der Waals surface area contributed by atoms with Gasteiger partial charge in [0.05, 0.1) is 11.0 Å². The van der Waals surface area contributed by atoms with E-state index in [4.69, 9.17) is 0 Å². The van der Waals surface area contributed by atoms with Gasteiger partial charge in [0.1, 0.15) is 6.54 Å². The molecular weight excluding hydrogens is 384 g/mol. The molecule has 156 valence electrons. The Balaban J connectivity index is 1.36. The summed E-state index contributed by atoms with van der Waals surface area (Å²) in [4.78, 5) is 28.1. The lowest BCUT2D eigenvalue weighted by molar-refractivity contribution is -0.133. The van der Waals surface area contributed by atoms with Gasteiger partial charge in [-0.2, -0.15) is 0 Å². The lowest BCUT2D eigenvalue weighted by atomic mass is 9.90. The summed E-state index contributed by atoms with van der Waals surface area (Å²) in [6.07, 6.45) is 3.15. The van der Waals surface area contributed by atoms with Crippen LogP contribution in [0.15, 0.2) is 83.7 Å². The van der Waals surface area contributed by atoms with Gasteiger partial charge in [0.2, 0.25) is 5.91 Å². The van der Waals surface area contributed by atoms with Gasteiger partial charge in [-0.15, -0.1) is 0 Å². The maximum atomic E-state index is 13.2. The smallest absolute Gasteiger partial charge is 0.242 e. The van der Waals surface area contributed by atoms with E-state index in [-0.39, 0.29) is 17.9 Å². The summed E-state index contributed by atoms with van der Waals surface area (Å²) in [5, 5.41) is 1.33. The number of piperidine rings is 1. The number of carbonyl (C=O) groups excluding carboxylic acids is 1. The average Bonchev–Trinajstić information content (AvgIpc) is 2.83. The van der Waals surface area contributed by atoms with Crippen molar-refractivity contribution in [3.63, 3.8) is 0 Å². The van der Waals surface area contributed by atoms with Crippen LogP contribution in [0.2, 0.25) is 0 Å². The van der Waals surface area contributed by atoms with Crippen molar-refractivity contribution in [1.82, 2.24) is 9.47 Å². The highest BCUT2D eigenvalue weighted by Gasteiger charge is 2.24. The lowest BCUT2D eigenvalue weighted by Crippen LogP contribution is -2.40. The Kier molecular flexibility index (Phi) is 5.29. The molecule has 0 saturated carbocycles. The highest BCUT2D eigenvalue weighted by molar-refractivity contribution is 5.94. The number of para-hydroxylation sites is 2. The molecule has 1 aliphatic rings. The fourth-order valence-electron chi connectivity index (χ4n) is 4.82. The van der Waals surface area contributed by atoms with Crippen molar-refractivity contribution in [2.45, 2.75) is 25.8 Å². The zero-order valence-corrected chi connectivity index (χ0v) is 17.5. The van der Waals surface area contributed by atoms with Gasteiger partial charge in [-0.25, -0.2) is 0 Å². The largest absolute Gasteiger partial charge is 0.341 e. The number of hydrogen-bond acceptors (Lipinski definition) is 2. The van der Waals surface area contributed by atoms with Gasteiger partial charge in [0.15, 0.2) is 5.43 Å². The molecule has 5 rings (SSSR count). The molecule has 4 aromatic rings. The first-order valence-electron chi connectivity index (χ1n) is 11.0. The summed E-state index contributed by atoms with van der Waals surface area (Å²) in [5.41, 5.74) is 3.03. The van der Waals surface area contributed by atoms with E-state index in [1.54, 1.807) is 0 Å². The molecule has 0 spiro atoms. The van der Waals surface area contributed by atoms with E-state index in [9.17, 15) is 9.59 Å². The molecule has 0 aliphatic carbocycles. The van der Waals surface area contributed by atoms with Gasteiger partial charge < -0.3 is 9.47 Å².